The third-order valence-electron chi connectivity index (χ3n) is 12.7. The Hall–Kier alpha value is -7.30. The zero-order valence-corrected chi connectivity index (χ0v) is 32.6. The minimum Gasteiger partial charge on any atom is -0.308 e. The normalized spacial score (nSPS) is 17.2. The molecule has 0 N–H and O–H groups in total. The zero-order chi connectivity index (χ0) is 38.9. The minimum absolute atomic E-state index is 0.456. The molecular weight excluding hydrogens is 717 g/mol. The zero-order valence-electron chi connectivity index (χ0n) is 32.6. The summed E-state index contributed by atoms with van der Waals surface area (Å²) in [5.41, 5.74) is 18.5. The Labute approximate surface area is 343 Å². The summed E-state index contributed by atoms with van der Waals surface area (Å²) in [7, 11) is 0. The van der Waals surface area contributed by atoms with Gasteiger partial charge in [0.1, 0.15) is 5.82 Å². The van der Waals surface area contributed by atoms with Crippen molar-refractivity contribution in [1.82, 2.24) is 19.1 Å². The lowest BCUT2D eigenvalue weighted by atomic mass is 9.66. The Kier molecular flexibility index (Phi) is 7.67. The van der Waals surface area contributed by atoms with Crippen LogP contribution in [0.2, 0.25) is 0 Å². The maximum absolute atomic E-state index is 5.82. The van der Waals surface area contributed by atoms with Crippen molar-refractivity contribution in [3.63, 3.8) is 0 Å². The van der Waals surface area contributed by atoms with E-state index in [2.05, 4.69) is 197 Å². The second kappa shape index (κ2) is 13.4. The van der Waals surface area contributed by atoms with Gasteiger partial charge in [-0.05, 0) is 108 Å². The highest BCUT2D eigenvalue weighted by Gasteiger charge is 2.49. The quantitative estimate of drug-likeness (QED) is 0.169. The van der Waals surface area contributed by atoms with E-state index < -0.39 is 5.41 Å². The molecule has 3 aromatic heterocycles. The van der Waals surface area contributed by atoms with E-state index in [0.717, 1.165) is 81.7 Å². The standard InChI is InChI=1S/C55H40N4/c1-4-16-39(17-5-1)54-56-48-25-13-15-27-50(48)59(54)43-34-30-38(31-35-43)37-28-32-42(33-29-37)58-49-26-14-11-23-45(49)52-51(58)36-46-44-22-10-12-24-47(44)55(53(46)57-52,40-18-6-2-7-19-40)41-20-8-3-9-21-41/h1-2,4-8,11-21,23-36H,3,9-10,22H2. The average molecular weight is 757 g/mol. The Morgan fingerprint density at radius 1 is 0.508 bits per heavy atom. The lowest BCUT2D eigenvalue weighted by molar-refractivity contribution is 0.718. The first-order chi connectivity index (χ1) is 29.3. The number of nitrogens with zero attached hydrogens (tertiary/aromatic N) is 4. The molecule has 0 spiro atoms. The van der Waals surface area contributed by atoms with Crippen molar-refractivity contribution in [2.75, 3.05) is 0 Å². The van der Waals surface area contributed by atoms with Gasteiger partial charge in [0.15, 0.2) is 0 Å². The second-order valence-corrected chi connectivity index (χ2v) is 15.9. The molecule has 1 atom stereocenters. The van der Waals surface area contributed by atoms with Gasteiger partial charge in [-0.1, -0.05) is 146 Å². The van der Waals surface area contributed by atoms with E-state index >= 15 is 0 Å². The number of para-hydroxylation sites is 3. The van der Waals surface area contributed by atoms with Gasteiger partial charge < -0.3 is 4.57 Å². The first-order valence-electron chi connectivity index (χ1n) is 20.8. The molecule has 4 nitrogen and oxygen atoms in total. The van der Waals surface area contributed by atoms with Crippen LogP contribution >= 0.6 is 0 Å². The van der Waals surface area contributed by atoms with Crippen molar-refractivity contribution in [3.8, 4) is 33.9 Å². The van der Waals surface area contributed by atoms with Gasteiger partial charge >= 0.3 is 0 Å². The molecule has 6 aromatic carbocycles. The summed E-state index contributed by atoms with van der Waals surface area (Å²) < 4.78 is 4.68. The van der Waals surface area contributed by atoms with Gasteiger partial charge in [0, 0.05) is 27.9 Å². The molecule has 0 fully saturated rings. The monoisotopic (exact) mass is 756 g/mol. The Balaban J connectivity index is 0.977. The highest BCUT2D eigenvalue weighted by molar-refractivity contribution is 6.09. The van der Waals surface area contributed by atoms with Gasteiger partial charge in [-0.25, -0.2) is 9.97 Å². The van der Waals surface area contributed by atoms with Gasteiger partial charge in [-0.15, -0.1) is 0 Å². The Morgan fingerprint density at radius 3 is 1.92 bits per heavy atom. The number of allylic oxidation sites excluding steroid dienone is 8. The van der Waals surface area contributed by atoms with Crippen molar-refractivity contribution in [2.24, 2.45) is 0 Å². The summed E-state index contributed by atoms with van der Waals surface area (Å²) in [6, 6.07) is 59.0. The van der Waals surface area contributed by atoms with Crippen molar-refractivity contribution in [2.45, 2.75) is 31.1 Å². The van der Waals surface area contributed by atoms with Crippen molar-refractivity contribution in [3.05, 3.63) is 222 Å². The second-order valence-electron chi connectivity index (χ2n) is 15.9. The fourth-order valence-electron chi connectivity index (χ4n) is 10.1. The molecule has 0 aliphatic heterocycles. The number of imidazole rings is 1. The van der Waals surface area contributed by atoms with E-state index in [1.54, 1.807) is 0 Å². The van der Waals surface area contributed by atoms with Crippen LogP contribution in [-0.4, -0.2) is 19.1 Å². The summed E-state index contributed by atoms with van der Waals surface area (Å²) in [5.74, 6) is 0.941. The molecule has 0 amide bonds. The lowest BCUT2D eigenvalue weighted by Gasteiger charge is -2.36. The van der Waals surface area contributed by atoms with E-state index in [-0.39, 0.29) is 0 Å². The first kappa shape index (κ1) is 33.8. The molecule has 0 saturated carbocycles. The number of hydrogen-bond acceptors (Lipinski definition) is 2. The van der Waals surface area contributed by atoms with Crippen molar-refractivity contribution >= 4 is 38.5 Å². The third kappa shape index (κ3) is 5.09. The van der Waals surface area contributed by atoms with Crippen molar-refractivity contribution < 1.29 is 0 Å². The summed E-state index contributed by atoms with van der Waals surface area (Å²) in [6.07, 6.45) is 16.1. The van der Waals surface area contributed by atoms with Gasteiger partial charge in [0.25, 0.3) is 0 Å². The molecule has 3 aliphatic rings. The van der Waals surface area contributed by atoms with Gasteiger partial charge in [-0.3, -0.25) is 4.57 Å². The van der Waals surface area contributed by atoms with Crippen LogP contribution < -0.4 is 0 Å². The van der Waals surface area contributed by atoms with E-state index in [4.69, 9.17) is 9.97 Å². The predicted molar refractivity (Wildman–Crippen MR) is 243 cm³/mol. The van der Waals surface area contributed by atoms with Crippen molar-refractivity contribution in [1.29, 1.82) is 0 Å². The highest BCUT2D eigenvalue weighted by Crippen LogP contribution is 2.58. The number of rotatable bonds is 6. The largest absolute Gasteiger partial charge is 0.308 e. The highest BCUT2D eigenvalue weighted by atomic mass is 15.1. The van der Waals surface area contributed by atoms with E-state index in [9.17, 15) is 0 Å². The van der Waals surface area contributed by atoms with Crippen LogP contribution in [0.5, 0.6) is 0 Å². The molecule has 0 radical (unpaired) electrons. The van der Waals surface area contributed by atoms with E-state index in [1.165, 1.54) is 44.4 Å². The molecule has 1 unspecified atom stereocenters. The fraction of sp³-hybridized carbons (Fsp3) is 0.0909. The van der Waals surface area contributed by atoms with Gasteiger partial charge in [0.05, 0.1) is 38.7 Å². The molecular formula is C55H40N4. The number of pyridine rings is 1. The SMILES string of the molecule is C1=CC(C2(c3ccccc3)C3=C(CCC=C3)c3cc4c(nc32)c2ccccc2n4-c2ccc(-c3ccc(-n4c(-c5ccccc5)nc5ccccc54)cc3)cc2)=CCC1. The maximum atomic E-state index is 5.82. The first-order valence-corrected chi connectivity index (χ1v) is 20.8. The summed E-state index contributed by atoms with van der Waals surface area (Å²) in [4.78, 5) is 10.9. The minimum atomic E-state index is -0.456. The summed E-state index contributed by atoms with van der Waals surface area (Å²) in [6.45, 7) is 0. The van der Waals surface area contributed by atoms with Gasteiger partial charge in [-0.2, -0.15) is 0 Å². The van der Waals surface area contributed by atoms with Crippen LogP contribution in [0, 0.1) is 0 Å². The van der Waals surface area contributed by atoms with E-state index in [1.807, 2.05) is 6.07 Å². The number of benzene rings is 6. The fourth-order valence-corrected chi connectivity index (χ4v) is 10.1. The molecule has 59 heavy (non-hydrogen) atoms. The molecule has 0 bridgehead atoms. The lowest BCUT2D eigenvalue weighted by Crippen LogP contribution is -2.31. The Bertz CT molecular complexity index is 3230. The van der Waals surface area contributed by atoms with Crippen LogP contribution in [0.25, 0.3) is 72.4 Å². The van der Waals surface area contributed by atoms with Crippen LogP contribution in [0.1, 0.15) is 42.5 Å². The molecule has 3 aliphatic carbocycles. The maximum Gasteiger partial charge on any atom is 0.145 e. The number of fused-ring (bicyclic) bond motifs is 6. The molecule has 4 heteroatoms. The summed E-state index contributed by atoms with van der Waals surface area (Å²) >= 11 is 0. The van der Waals surface area contributed by atoms with E-state index in [0.29, 0.717) is 0 Å². The van der Waals surface area contributed by atoms with Crippen LogP contribution in [0.15, 0.2) is 205 Å². The van der Waals surface area contributed by atoms with Crippen LogP contribution in [-0.2, 0) is 5.41 Å². The topological polar surface area (TPSA) is 35.6 Å². The molecule has 280 valence electrons. The van der Waals surface area contributed by atoms with Crippen LogP contribution in [0.4, 0.5) is 0 Å². The molecule has 0 saturated heterocycles. The molecule has 12 rings (SSSR count). The smallest absolute Gasteiger partial charge is 0.145 e. The molecule has 3 heterocycles. The average Bonchev–Trinajstić information content (AvgIpc) is 3.96. The third-order valence-corrected chi connectivity index (χ3v) is 12.7. The number of aromatic nitrogens is 4. The predicted octanol–water partition coefficient (Wildman–Crippen LogP) is 13.5. The Morgan fingerprint density at radius 2 is 1.17 bits per heavy atom. The summed E-state index contributed by atoms with van der Waals surface area (Å²) in [5, 5.41) is 1.17. The molecule has 9 aromatic rings. The number of hydrogen-bond donors (Lipinski definition) is 0. The van der Waals surface area contributed by atoms with Gasteiger partial charge in [0.2, 0.25) is 0 Å². The van der Waals surface area contributed by atoms with Crippen LogP contribution in [0.3, 0.4) is 0 Å².